The fraction of sp³-hybridized carbons (Fsp3) is 0.0500. The molecule has 3 heterocycles. The number of rotatable bonds is 11. The van der Waals surface area contributed by atoms with Gasteiger partial charge in [0, 0.05) is 41.9 Å². The zero-order chi connectivity index (χ0) is 85.4. The summed E-state index contributed by atoms with van der Waals surface area (Å²) in [7, 11) is -0.388. The van der Waals surface area contributed by atoms with Gasteiger partial charge in [0.15, 0.2) is 0 Å². The first-order valence-electron chi connectivity index (χ1n) is 43.6. The molecule has 0 unspecified atom stereocenters. The molecular formula is C120H85BBr2N2O2. The van der Waals surface area contributed by atoms with Crippen molar-refractivity contribution in [3.63, 3.8) is 0 Å². The number of aromatic nitrogens is 2. The molecule has 0 saturated carbocycles. The highest BCUT2D eigenvalue weighted by Gasteiger charge is 2.52. The van der Waals surface area contributed by atoms with Gasteiger partial charge in [0.2, 0.25) is 0 Å². The zero-order valence-corrected chi connectivity index (χ0v) is 73.9. The molecule has 2 aromatic heterocycles. The van der Waals surface area contributed by atoms with Gasteiger partial charge in [-0.2, -0.15) is 0 Å². The van der Waals surface area contributed by atoms with Crippen molar-refractivity contribution in [2.75, 3.05) is 0 Å². The molecule has 1 fully saturated rings. The van der Waals surface area contributed by atoms with E-state index < -0.39 is 0 Å². The summed E-state index contributed by atoms with van der Waals surface area (Å²) in [6.07, 6.45) is 0. The molecule has 127 heavy (non-hydrogen) atoms. The molecule has 0 atom stereocenters. The van der Waals surface area contributed by atoms with E-state index in [1.54, 1.807) is 0 Å². The number of benzene rings is 21. The van der Waals surface area contributed by atoms with Crippen LogP contribution in [0.1, 0.15) is 27.7 Å². The van der Waals surface area contributed by atoms with Gasteiger partial charge in [0.25, 0.3) is 0 Å². The van der Waals surface area contributed by atoms with Crippen molar-refractivity contribution in [2.24, 2.45) is 0 Å². The second-order valence-corrected chi connectivity index (χ2v) is 36.0. The van der Waals surface area contributed by atoms with Crippen LogP contribution < -0.4 is 5.46 Å². The Bertz CT molecular complexity index is 7720. The molecule has 1 aliphatic heterocycles. The van der Waals surface area contributed by atoms with Gasteiger partial charge in [0.05, 0.1) is 33.3 Å². The highest BCUT2D eigenvalue weighted by Crippen LogP contribution is 2.50. The maximum Gasteiger partial charge on any atom is 0.494 e. The molecule has 0 spiro atoms. The molecule has 0 radical (unpaired) electrons. The van der Waals surface area contributed by atoms with Gasteiger partial charge in [-0.1, -0.05) is 378 Å². The van der Waals surface area contributed by atoms with E-state index in [0.717, 1.165) is 20.1 Å². The first-order chi connectivity index (χ1) is 62.3. The lowest BCUT2D eigenvalue weighted by molar-refractivity contribution is 0.00578. The van der Waals surface area contributed by atoms with Crippen LogP contribution in [-0.4, -0.2) is 27.5 Å². The molecule has 0 aliphatic carbocycles. The predicted octanol–water partition coefficient (Wildman–Crippen LogP) is 33.3. The van der Waals surface area contributed by atoms with Crippen LogP contribution in [0.2, 0.25) is 0 Å². The summed E-state index contributed by atoms with van der Waals surface area (Å²) >= 11 is 7.16. The van der Waals surface area contributed by atoms with Crippen LogP contribution in [-0.2, 0) is 9.31 Å². The fourth-order valence-corrected chi connectivity index (χ4v) is 20.4. The second-order valence-electron chi connectivity index (χ2n) is 34.1. The third kappa shape index (κ3) is 14.1. The quantitative estimate of drug-likeness (QED) is 0.0954. The number of para-hydroxylation sites is 2. The van der Waals surface area contributed by atoms with Crippen molar-refractivity contribution in [2.45, 2.75) is 38.9 Å². The molecule has 7 heteroatoms. The molecular weight excluding hydrogens is 1670 g/mol. The Kier molecular flexibility index (Phi) is 20.2. The van der Waals surface area contributed by atoms with Crippen molar-refractivity contribution in [3.05, 3.63) is 452 Å². The van der Waals surface area contributed by atoms with Crippen molar-refractivity contribution < 1.29 is 9.31 Å². The molecule has 0 amide bonds. The molecule has 24 rings (SSSR count). The second kappa shape index (κ2) is 32.7. The normalized spacial score (nSPS) is 13.0. The van der Waals surface area contributed by atoms with E-state index in [1.165, 1.54) is 203 Å². The largest absolute Gasteiger partial charge is 0.494 e. The highest BCUT2D eigenvalue weighted by atomic mass is 79.9. The first-order valence-corrected chi connectivity index (χ1v) is 45.2. The van der Waals surface area contributed by atoms with Crippen LogP contribution in [0, 0.1) is 0 Å². The lowest BCUT2D eigenvalue weighted by Gasteiger charge is -2.32. The smallest absolute Gasteiger partial charge is 0.399 e. The Morgan fingerprint density at radius 1 is 0.189 bits per heavy atom. The molecule has 1 aliphatic rings. The third-order valence-electron chi connectivity index (χ3n) is 26.1. The number of hydrogen-bond acceptors (Lipinski definition) is 2. The van der Waals surface area contributed by atoms with Crippen LogP contribution in [0.25, 0.3) is 209 Å². The minimum absolute atomic E-state index is 0.371. The summed E-state index contributed by atoms with van der Waals surface area (Å²) in [6, 6.07) is 161. The zero-order valence-electron chi connectivity index (χ0n) is 70.7. The van der Waals surface area contributed by atoms with E-state index in [9.17, 15) is 0 Å². The summed E-state index contributed by atoms with van der Waals surface area (Å²) < 4.78 is 19.7. The molecule has 23 aromatic rings. The van der Waals surface area contributed by atoms with E-state index in [-0.39, 0.29) is 18.3 Å². The first kappa shape index (κ1) is 78.7. The van der Waals surface area contributed by atoms with Crippen LogP contribution in [0.3, 0.4) is 0 Å². The van der Waals surface area contributed by atoms with E-state index >= 15 is 0 Å². The van der Waals surface area contributed by atoms with Gasteiger partial charge in [-0.25, -0.2) is 0 Å². The Balaban J connectivity index is 0.000000139. The average molecular weight is 1760 g/mol. The van der Waals surface area contributed by atoms with E-state index in [1.807, 2.05) is 6.07 Å². The van der Waals surface area contributed by atoms with Gasteiger partial charge in [-0.05, 0) is 284 Å². The number of fused-ring (bicyclic) bond motifs is 12. The van der Waals surface area contributed by atoms with E-state index in [4.69, 9.17) is 9.31 Å². The number of hydrogen-bond donors (Lipinski definition) is 0. The lowest BCUT2D eigenvalue weighted by atomic mass is 9.77. The average Bonchev–Trinajstić information content (AvgIpc) is 1.12. The standard InChI is InChI=1S/C70H45N.C32H29BO2.C18H11Br2N/c1-4-20-46(21-5-1)67-55-30-10-14-34-59(55)69(60-35-15-11-31-56(60)67)52-26-18-24-48(42-52)50-38-40-65-63(44-50)64-45-51(39-41-66(64)71(65)54-28-8-3-9-29-54)49-25-19-27-53(43-49)70-61-36-16-12-32-57(61)68(47-22-6-2-7-23-47)58-33-13-17-37-62(58)70;1-31(2)32(3,4)35-33(34-31)24-16-12-15-23(21-24)30-27-19-10-8-17-25(27)29(22-13-6-5-7-14-22)26-18-9-11-20-28(26)30;19-12-6-8-17-15(10-12)16-11-13(20)7-9-18(16)21(17)14-4-2-1-3-5-14/h1-45H;5-21H,1-4H3;1-11H. The Hall–Kier alpha value is -14.3. The highest BCUT2D eigenvalue weighted by molar-refractivity contribution is 9.10. The fourth-order valence-electron chi connectivity index (χ4n) is 19.7. The maximum absolute atomic E-state index is 6.37. The van der Waals surface area contributed by atoms with Crippen molar-refractivity contribution >= 4 is 153 Å². The molecule has 1 saturated heterocycles. The summed E-state index contributed by atoms with van der Waals surface area (Å²) in [4.78, 5) is 0. The molecule has 4 nitrogen and oxygen atoms in total. The van der Waals surface area contributed by atoms with Crippen LogP contribution in [0.4, 0.5) is 0 Å². The lowest BCUT2D eigenvalue weighted by Crippen LogP contribution is -2.41. The Morgan fingerprint density at radius 2 is 0.409 bits per heavy atom. The van der Waals surface area contributed by atoms with Gasteiger partial charge in [-0.3, -0.25) is 0 Å². The predicted molar refractivity (Wildman–Crippen MR) is 548 cm³/mol. The topological polar surface area (TPSA) is 28.3 Å². The molecule has 21 aromatic carbocycles. The summed E-state index contributed by atoms with van der Waals surface area (Å²) in [6.45, 7) is 8.39. The van der Waals surface area contributed by atoms with Crippen molar-refractivity contribution in [1.82, 2.24) is 9.13 Å². The van der Waals surface area contributed by atoms with E-state index in [0.29, 0.717) is 0 Å². The molecule has 604 valence electrons. The van der Waals surface area contributed by atoms with Gasteiger partial charge < -0.3 is 18.4 Å². The van der Waals surface area contributed by atoms with Crippen molar-refractivity contribution in [1.29, 1.82) is 0 Å². The van der Waals surface area contributed by atoms with Crippen LogP contribution in [0.5, 0.6) is 0 Å². The number of halogens is 2. The Morgan fingerprint density at radius 3 is 0.709 bits per heavy atom. The molecule has 0 N–H and O–H groups in total. The van der Waals surface area contributed by atoms with Gasteiger partial charge in [-0.15, -0.1) is 0 Å². The van der Waals surface area contributed by atoms with Crippen LogP contribution in [0.15, 0.2) is 452 Å². The third-order valence-corrected chi connectivity index (χ3v) is 27.1. The van der Waals surface area contributed by atoms with Crippen LogP contribution >= 0.6 is 31.9 Å². The Labute approximate surface area is 756 Å². The summed E-state index contributed by atoms with van der Waals surface area (Å²) in [5.74, 6) is 0. The molecule has 0 bridgehead atoms. The maximum atomic E-state index is 6.37. The SMILES string of the molecule is Brc1ccc2c(c1)c1cc(Br)ccc1n2-c1ccccc1.CC1(C)OB(c2cccc(-c3c4ccccc4c(-c4ccccc4)c4ccccc34)c2)OC1(C)C.c1ccc(-c2c3ccccc3c(-c3cccc(-c4ccc5c(c4)c4cc(-c6cccc(-c7c8ccccc8c(-c8ccccc8)c8ccccc78)c6)ccc4n5-c4ccccc4)c3)c3ccccc23)cc1. The van der Waals surface area contributed by atoms with Gasteiger partial charge >= 0.3 is 7.12 Å². The minimum Gasteiger partial charge on any atom is -0.399 e. The number of nitrogens with zero attached hydrogens (tertiary/aromatic N) is 2. The monoisotopic (exact) mass is 1750 g/mol. The minimum atomic E-state index is -0.388. The van der Waals surface area contributed by atoms with E-state index in [2.05, 4.69) is 505 Å². The summed E-state index contributed by atoms with van der Waals surface area (Å²) in [5.41, 5.74) is 27.1. The van der Waals surface area contributed by atoms with Crippen molar-refractivity contribution in [3.8, 4) is 100 Å². The van der Waals surface area contributed by atoms with Gasteiger partial charge in [0.1, 0.15) is 0 Å². The summed E-state index contributed by atoms with van der Waals surface area (Å²) in [5, 5.41) is 20.0.